The number of nitrogens with zero attached hydrogens (tertiary/aromatic N) is 1. The molecule has 0 heterocycles. The molecule has 0 radical (unpaired) electrons. The van der Waals surface area contributed by atoms with Gasteiger partial charge in [0, 0.05) is 17.6 Å². The van der Waals surface area contributed by atoms with Crippen LogP contribution in [0.3, 0.4) is 0 Å². The Labute approximate surface area is 138 Å². The van der Waals surface area contributed by atoms with Gasteiger partial charge in [-0.05, 0) is 24.1 Å². The molecule has 1 fully saturated rings. The predicted octanol–water partition coefficient (Wildman–Crippen LogP) is 3.78. The van der Waals surface area contributed by atoms with Crippen molar-refractivity contribution in [2.24, 2.45) is 5.73 Å². The van der Waals surface area contributed by atoms with Crippen LogP contribution in [0, 0.1) is 0 Å². The molecule has 1 aromatic rings. The second kappa shape index (κ2) is 6.58. The van der Waals surface area contributed by atoms with Gasteiger partial charge in [0.1, 0.15) is 0 Å². The van der Waals surface area contributed by atoms with Crippen LogP contribution in [0.4, 0.5) is 10.5 Å². The van der Waals surface area contributed by atoms with Crippen LogP contribution in [0.25, 0.3) is 0 Å². The molecular weight excluding hydrogens is 346 g/mol. The van der Waals surface area contributed by atoms with Gasteiger partial charge in [0.15, 0.2) is 0 Å². The van der Waals surface area contributed by atoms with Crippen molar-refractivity contribution >= 4 is 59.0 Å². The van der Waals surface area contributed by atoms with E-state index in [9.17, 15) is 4.79 Å². The lowest BCUT2D eigenvalue weighted by atomic mass is 10.1. The zero-order valence-electron chi connectivity index (χ0n) is 10.3. The largest absolute Gasteiger partial charge is 0.465 e. The smallest absolute Gasteiger partial charge is 0.411 e. The van der Waals surface area contributed by atoms with E-state index in [-0.39, 0.29) is 25.0 Å². The summed E-state index contributed by atoms with van der Waals surface area (Å²) in [5.41, 5.74) is 7.35. The number of carbonyl (C=O) groups is 1. The zero-order chi connectivity index (χ0) is 14.2. The number of rotatable bonds is 3. The molecule has 4 nitrogen and oxygen atoms in total. The molecule has 0 unspecified atom stereocenters. The van der Waals surface area contributed by atoms with Crippen LogP contribution in [0.1, 0.15) is 17.9 Å². The molecule has 3 N–H and O–H groups in total. The second-order valence-electron chi connectivity index (χ2n) is 4.58. The summed E-state index contributed by atoms with van der Waals surface area (Å²) in [5.74, 6) is 0.375. The molecule has 1 aliphatic carbocycles. The first-order chi connectivity index (χ1) is 8.78. The Morgan fingerprint density at radius 1 is 1.35 bits per heavy atom. The van der Waals surface area contributed by atoms with E-state index in [1.165, 1.54) is 0 Å². The van der Waals surface area contributed by atoms with Crippen molar-refractivity contribution in [3.8, 4) is 0 Å². The zero-order valence-corrected chi connectivity index (χ0v) is 13.4. The van der Waals surface area contributed by atoms with Crippen LogP contribution in [0.2, 0.25) is 0 Å². The van der Waals surface area contributed by atoms with E-state index >= 15 is 0 Å². The molecule has 1 saturated carbocycles. The summed E-state index contributed by atoms with van der Waals surface area (Å²) >= 11 is 16.9. The van der Waals surface area contributed by atoms with Gasteiger partial charge in [0.05, 0.1) is 6.54 Å². The van der Waals surface area contributed by atoms with Crippen molar-refractivity contribution in [1.29, 1.82) is 0 Å². The first-order valence-electron chi connectivity index (χ1n) is 5.70. The summed E-state index contributed by atoms with van der Waals surface area (Å²) in [6.07, 6.45) is -0.196. The Morgan fingerprint density at radius 2 is 1.85 bits per heavy atom. The van der Waals surface area contributed by atoms with Crippen LogP contribution in [0.15, 0.2) is 24.3 Å². The molecule has 0 aliphatic heterocycles. The van der Waals surface area contributed by atoms with Gasteiger partial charge in [-0.1, -0.05) is 46.9 Å². The molecule has 2 atom stereocenters. The fourth-order valence-corrected chi connectivity index (χ4v) is 2.31. The summed E-state index contributed by atoms with van der Waals surface area (Å²) in [6, 6.07) is 7.33. The van der Waals surface area contributed by atoms with Crippen molar-refractivity contribution in [3.63, 3.8) is 0 Å². The first-order valence-corrected chi connectivity index (χ1v) is 6.84. The summed E-state index contributed by atoms with van der Waals surface area (Å²) in [6.45, 7) is -0.227. The van der Waals surface area contributed by atoms with E-state index < -0.39 is 9.89 Å². The van der Waals surface area contributed by atoms with Crippen molar-refractivity contribution in [2.45, 2.75) is 22.2 Å². The molecule has 0 spiro atoms. The Balaban J connectivity index is 0.00000200. The first kappa shape index (κ1) is 17.7. The average molecular weight is 360 g/mol. The summed E-state index contributed by atoms with van der Waals surface area (Å²) in [4.78, 5) is 12.2. The quantitative estimate of drug-likeness (QED) is 0.807. The summed E-state index contributed by atoms with van der Waals surface area (Å²) in [7, 11) is 0. The Bertz CT molecular complexity index is 475. The summed E-state index contributed by atoms with van der Waals surface area (Å²) in [5, 5.41) is 9.15. The fourth-order valence-electron chi connectivity index (χ4n) is 1.95. The highest BCUT2D eigenvalue weighted by atomic mass is 35.6. The van der Waals surface area contributed by atoms with E-state index in [2.05, 4.69) is 0 Å². The molecule has 0 bridgehead atoms. The number of nitrogens with two attached hydrogens (primary N) is 1. The molecule has 8 heteroatoms. The van der Waals surface area contributed by atoms with E-state index in [1.807, 2.05) is 12.1 Å². The minimum absolute atomic E-state index is 0. The number of amides is 1. The Kier molecular flexibility index (Phi) is 5.81. The maximum absolute atomic E-state index is 11.2. The van der Waals surface area contributed by atoms with Crippen molar-refractivity contribution < 1.29 is 9.90 Å². The highest BCUT2D eigenvalue weighted by Crippen LogP contribution is 2.39. The highest BCUT2D eigenvalue weighted by Gasteiger charge is 2.35. The molecular formula is C12H14Cl4N2O2. The number of hydrogen-bond acceptors (Lipinski definition) is 2. The maximum Gasteiger partial charge on any atom is 0.411 e. The van der Waals surface area contributed by atoms with E-state index in [1.54, 1.807) is 12.1 Å². The van der Waals surface area contributed by atoms with Gasteiger partial charge in [-0.25, -0.2) is 4.79 Å². The van der Waals surface area contributed by atoms with Gasteiger partial charge < -0.3 is 10.8 Å². The molecule has 0 aromatic heterocycles. The van der Waals surface area contributed by atoms with E-state index in [4.69, 9.17) is 45.6 Å². The monoisotopic (exact) mass is 358 g/mol. The van der Waals surface area contributed by atoms with Crippen LogP contribution < -0.4 is 10.6 Å². The van der Waals surface area contributed by atoms with Crippen molar-refractivity contribution in [3.05, 3.63) is 29.8 Å². The van der Waals surface area contributed by atoms with E-state index in [0.29, 0.717) is 11.6 Å². The van der Waals surface area contributed by atoms with Crippen molar-refractivity contribution in [2.75, 3.05) is 11.4 Å². The van der Waals surface area contributed by atoms with Gasteiger partial charge in [0.2, 0.25) is 3.79 Å². The van der Waals surface area contributed by atoms with Crippen LogP contribution in [-0.4, -0.2) is 27.6 Å². The maximum atomic E-state index is 11.2. The topological polar surface area (TPSA) is 66.6 Å². The lowest BCUT2D eigenvalue weighted by Crippen LogP contribution is -2.36. The lowest BCUT2D eigenvalue weighted by molar-refractivity contribution is 0.202. The number of hydrogen-bond donors (Lipinski definition) is 2. The Hall–Kier alpha value is -0.390. The third-order valence-electron chi connectivity index (χ3n) is 3.04. The molecule has 0 saturated heterocycles. The number of benzene rings is 1. The fraction of sp³-hybridized carbons (Fsp3) is 0.417. The van der Waals surface area contributed by atoms with Gasteiger partial charge in [-0.15, -0.1) is 12.4 Å². The second-order valence-corrected chi connectivity index (χ2v) is 7.10. The van der Waals surface area contributed by atoms with Gasteiger partial charge in [0.25, 0.3) is 0 Å². The van der Waals surface area contributed by atoms with Gasteiger partial charge >= 0.3 is 6.09 Å². The number of alkyl halides is 3. The Morgan fingerprint density at radius 3 is 2.20 bits per heavy atom. The molecule has 20 heavy (non-hydrogen) atoms. The van der Waals surface area contributed by atoms with Gasteiger partial charge in [-0.2, -0.15) is 0 Å². The molecule has 1 amide bonds. The molecule has 1 aromatic carbocycles. The van der Waals surface area contributed by atoms with Crippen LogP contribution >= 0.6 is 47.2 Å². The number of halogens is 4. The number of anilines is 1. The third-order valence-corrected chi connectivity index (χ3v) is 3.40. The standard InChI is InChI=1S/C12H13Cl3N2O2.ClH/c13-12(14,15)6-17(11(18)19)8-3-1-7(2-4-8)9-5-10(9)16;/h1-4,9-10H,5-6,16H2,(H,18,19);1H/t9-,10+;/m0./s1. The molecule has 112 valence electrons. The van der Waals surface area contributed by atoms with Gasteiger partial charge in [-0.3, -0.25) is 4.90 Å². The SMILES string of the molecule is Cl.N[C@@H]1C[C@H]1c1ccc(N(CC(Cl)(Cl)Cl)C(=O)O)cc1. The molecule has 1 aliphatic rings. The minimum Gasteiger partial charge on any atom is -0.465 e. The average Bonchev–Trinajstić information content (AvgIpc) is 3.02. The van der Waals surface area contributed by atoms with E-state index in [0.717, 1.165) is 16.9 Å². The predicted molar refractivity (Wildman–Crippen MR) is 84.7 cm³/mol. The minimum atomic E-state index is -1.66. The lowest BCUT2D eigenvalue weighted by Gasteiger charge is -2.23. The van der Waals surface area contributed by atoms with Crippen molar-refractivity contribution in [1.82, 2.24) is 0 Å². The normalized spacial score (nSPS) is 21.0. The van der Waals surface area contributed by atoms with Crippen LogP contribution in [-0.2, 0) is 0 Å². The molecule has 2 rings (SSSR count). The summed E-state index contributed by atoms with van der Waals surface area (Å²) < 4.78 is -1.66. The van der Waals surface area contributed by atoms with Crippen LogP contribution in [0.5, 0.6) is 0 Å². The third kappa shape index (κ3) is 4.57. The number of carboxylic acid groups (broad SMARTS) is 1. The highest BCUT2D eigenvalue weighted by molar-refractivity contribution is 6.68.